The van der Waals surface area contributed by atoms with Gasteiger partial charge in [0.25, 0.3) is 0 Å². The molecule has 0 radical (unpaired) electrons. The number of H-pyrrole nitrogens is 1. The number of anilines is 1. The molecule has 62 valence electrons. The van der Waals surface area contributed by atoms with Crippen molar-refractivity contribution >= 4 is 5.95 Å². The summed E-state index contributed by atoms with van der Waals surface area (Å²) in [7, 11) is 0. The normalized spacial score (nSPS) is 10.5. The fraction of sp³-hybridized carbons (Fsp3) is 0.625. The zero-order valence-corrected chi connectivity index (χ0v) is 7.33. The molecule has 0 aromatic carbocycles. The van der Waals surface area contributed by atoms with Crippen molar-refractivity contribution < 1.29 is 0 Å². The molecule has 1 aromatic rings. The van der Waals surface area contributed by atoms with E-state index in [2.05, 4.69) is 35.6 Å². The van der Waals surface area contributed by atoms with Gasteiger partial charge in [0.2, 0.25) is 5.95 Å². The van der Waals surface area contributed by atoms with Gasteiger partial charge in [-0.1, -0.05) is 0 Å². The Hall–Kier alpha value is -0.990. The van der Waals surface area contributed by atoms with E-state index in [1.54, 1.807) is 6.20 Å². The summed E-state index contributed by atoms with van der Waals surface area (Å²) < 4.78 is 0. The molecule has 3 nitrogen and oxygen atoms in total. The molecule has 0 saturated carbocycles. The van der Waals surface area contributed by atoms with Crippen LogP contribution in [0.1, 0.15) is 20.8 Å². The van der Waals surface area contributed by atoms with Crippen molar-refractivity contribution in [2.75, 3.05) is 11.4 Å². The largest absolute Gasteiger partial charge is 0.340 e. The quantitative estimate of drug-likeness (QED) is 0.716. The number of aromatic amines is 1. The van der Waals surface area contributed by atoms with Crippen molar-refractivity contribution in [3.63, 3.8) is 0 Å². The van der Waals surface area contributed by atoms with E-state index in [1.807, 2.05) is 6.20 Å². The van der Waals surface area contributed by atoms with Crippen LogP contribution in [0.15, 0.2) is 12.4 Å². The molecule has 0 aliphatic heterocycles. The van der Waals surface area contributed by atoms with Crippen molar-refractivity contribution in [2.45, 2.75) is 26.8 Å². The Kier molecular flexibility index (Phi) is 2.52. The molecule has 1 rings (SSSR count). The lowest BCUT2D eigenvalue weighted by molar-refractivity contribution is 0.685. The van der Waals surface area contributed by atoms with Gasteiger partial charge in [-0.25, -0.2) is 4.98 Å². The first-order chi connectivity index (χ1) is 5.25. The van der Waals surface area contributed by atoms with Gasteiger partial charge in [-0.3, -0.25) is 0 Å². The van der Waals surface area contributed by atoms with Crippen molar-refractivity contribution in [3.8, 4) is 0 Å². The maximum Gasteiger partial charge on any atom is 0.202 e. The highest BCUT2D eigenvalue weighted by Crippen LogP contribution is 2.08. The van der Waals surface area contributed by atoms with Gasteiger partial charge >= 0.3 is 0 Å². The number of aromatic nitrogens is 2. The van der Waals surface area contributed by atoms with Gasteiger partial charge in [0.05, 0.1) is 0 Å². The first-order valence-corrected chi connectivity index (χ1v) is 4.01. The van der Waals surface area contributed by atoms with Crippen LogP contribution in [-0.2, 0) is 0 Å². The molecule has 0 amide bonds. The van der Waals surface area contributed by atoms with Crippen LogP contribution in [0.5, 0.6) is 0 Å². The molecule has 0 saturated heterocycles. The highest BCUT2D eigenvalue weighted by molar-refractivity contribution is 5.29. The number of rotatable bonds is 3. The van der Waals surface area contributed by atoms with E-state index in [0.717, 1.165) is 12.5 Å². The highest BCUT2D eigenvalue weighted by Gasteiger charge is 2.08. The van der Waals surface area contributed by atoms with Crippen LogP contribution in [-0.4, -0.2) is 22.6 Å². The van der Waals surface area contributed by atoms with Crippen LogP contribution in [0.25, 0.3) is 0 Å². The van der Waals surface area contributed by atoms with Crippen molar-refractivity contribution in [1.29, 1.82) is 0 Å². The molecule has 0 bridgehead atoms. The predicted octanol–water partition coefficient (Wildman–Crippen LogP) is 1.64. The van der Waals surface area contributed by atoms with Crippen LogP contribution < -0.4 is 4.90 Å². The third kappa shape index (κ3) is 1.73. The van der Waals surface area contributed by atoms with Crippen molar-refractivity contribution in [3.05, 3.63) is 12.4 Å². The first kappa shape index (κ1) is 8.11. The Morgan fingerprint density at radius 3 is 2.73 bits per heavy atom. The molecule has 1 N–H and O–H groups in total. The molecule has 1 aromatic heterocycles. The van der Waals surface area contributed by atoms with Crippen LogP contribution >= 0.6 is 0 Å². The van der Waals surface area contributed by atoms with Crippen LogP contribution in [0, 0.1) is 0 Å². The summed E-state index contributed by atoms with van der Waals surface area (Å²) in [4.78, 5) is 9.47. The second-order valence-corrected chi connectivity index (χ2v) is 2.79. The molecule has 0 aliphatic rings. The summed E-state index contributed by atoms with van der Waals surface area (Å²) in [5.41, 5.74) is 0. The van der Waals surface area contributed by atoms with Gasteiger partial charge in [-0.05, 0) is 20.8 Å². The van der Waals surface area contributed by atoms with E-state index < -0.39 is 0 Å². The van der Waals surface area contributed by atoms with E-state index in [1.165, 1.54) is 0 Å². The summed E-state index contributed by atoms with van der Waals surface area (Å²) in [5, 5.41) is 0. The monoisotopic (exact) mass is 153 g/mol. The molecule has 0 spiro atoms. The van der Waals surface area contributed by atoms with Gasteiger partial charge < -0.3 is 9.88 Å². The SMILES string of the molecule is CCN(c1ncc[nH]1)C(C)C. The first-order valence-electron chi connectivity index (χ1n) is 4.01. The number of imidazole rings is 1. The average molecular weight is 153 g/mol. The Labute approximate surface area is 67.4 Å². The fourth-order valence-electron chi connectivity index (χ4n) is 1.17. The Morgan fingerprint density at radius 2 is 2.36 bits per heavy atom. The number of nitrogens with one attached hydrogen (secondary N) is 1. The summed E-state index contributed by atoms with van der Waals surface area (Å²) in [6, 6.07) is 0.506. The summed E-state index contributed by atoms with van der Waals surface area (Å²) >= 11 is 0. The van der Waals surface area contributed by atoms with E-state index in [0.29, 0.717) is 6.04 Å². The average Bonchev–Trinajstić information content (AvgIpc) is 2.40. The fourth-order valence-corrected chi connectivity index (χ4v) is 1.17. The van der Waals surface area contributed by atoms with Crippen molar-refractivity contribution in [1.82, 2.24) is 9.97 Å². The van der Waals surface area contributed by atoms with E-state index in [4.69, 9.17) is 0 Å². The minimum absolute atomic E-state index is 0.506. The molecular weight excluding hydrogens is 138 g/mol. The van der Waals surface area contributed by atoms with Gasteiger partial charge in [-0.15, -0.1) is 0 Å². The molecule has 3 heteroatoms. The molecule has 0 fully saturated rings. The molecule has 11 heavy (non-hydrogen) atoms. The van der Waals surface area contributed by atoms with Gasteiger partial charge in [0.1, 0.15) is 0 Å². The zero-order chi connectivity index (χ0) is 8.27. The van der Waals surface area contributed by atoms with Crippen LogP contribution in [0.3, 0.4) is 0 Å². The second kappa shape index (κ2) is 3.42. The van der Waals surface area contributed by atoms with E-state index >= 15 is 0 Å². The Bertz CT molecular complexity index is 191. The highest BCUT2D eigenvalue weighted by atomic mass is 15.3. The lowest BCUT2D eigenvalue weighted by Gasteiger charge is -2.23. The number of nitrogens with zero attached hydrogens (tertiary/aromatic N) is 2. The van der Waals surface area contributed by atoms with E-state index in [-0.39, 0.29) is 0 Å². The minimum atomic E-state index is 0.506. The van der Waals surface area contributed by atoms with Crippen molar-refractivity contribution in [2.24, 2.45) is 0 Å². The summed E-state index contributed by atoms with van der Waals surface area (Å²) in [6.45, 7) is 7.44. The standard InChI is InChI=1S/C8H15N3/c1-4-11(7(2)3)8-9-5-6-10-8/h5-7H,4H2,1-3H3,(H,9,10). The number of hydrogen-bond acceptors (Lipinski definition) is 2. The lowest BCUT2D eigenvalue weighted by Crippen LogP contribution is -2.31. The summed E-state index contributed by atoms with van der Waals surface area (Å²) in [6.07, 6.45) is 3.63. The predicted molar refractivity (Wildman–Crippen MR) is 46.7 cm³/mol. The van der Waals surface area contributed by atoms with E-state index in [9.17, 15) is 0 Å². The van der Waals surface area contributed by atoms with Crippen LogP contribution in [0.4, 0.5) is 5.95 Å². The maximum absolute atomic E-state index is 4.18. The molecule has 1 heterocycles. The Morgan fingerprint density at radius 1 is 1.64 bits per heavy atom. The Balaban J connectivity index is 2.71. The van der Waals surface area contributed by atoms with Gasteiger partial charge in [-0.2, -0.15) is 0 Å². The molecular formula is C8H15N3. The molecule has 0 unspecified atom stereocenters. The number of hydrogen-bond donors (Lipinski definition) is 1. The lowest BCUT2D eigenvalue weighted by atomic mass is 10.3. The third-order valence-corrected chi connectivity index (χ3v) is 1.72. The maximum atomic E-state index is 4.18. The van der Waals surface area contributed by atoms with Gasteiger partial charge in [0, 0.05) is 25.0 Å². The molecule has 0 atom stereocenters. The van der Waals surface area contributed by atoms with Gasteiger partial charge in [0.15, 0.2) is 0 Å². The minimum Gasteiger partial charge on any atom is -0.340 e. The smallest absolute Gasteiger partial charge is 0.202 e. The topological polar surface area (TPSA) is 31.9 Å². The summed E-state index contributed by atoms with van der Waals surface area (Å²) in [5.74, 6) is 0.961. The third-order valence-electron chi connectivity index (χ3n) is 1.72. The zero-order valence-electron chi connectivity index (χ0n) is 7.33. The van der Waals surface area contributed by atoms with Crippen LogP contribution in [0.2, 0.25) is 0 Å². The molecule has 0 aliphatic carbocycles. The second-order valence-electron chi connectivity index (χ2n) is 2.79.